The summed E-state index contributed by atoms with van der Waals surface area (Å²) in [4.78, 5) is 0.00116. The van der Waals surface area contributed by atoms with Crippen LogP contribution < -0.4 is 4.18 Å². The molecule has 0 aliphatic rings. The van der Waals surface area contributed by atoms with Gasteiger partial charge < -0.3 is 9.29 Å². The number of para-hydroxylation sites is 1. The van der Waals surface area contributed by atoms with E-state index in [2.05, 4.69) is 0 Å². The van der Waals surface area contributed by atoms with Crippen LogP contribution in [-0.2, 0) is 10.1 Å². The summed E-state index contributed by atoms with van der Waals surface area (Å²) in [5.41, 5.74) is 0.106. The summed E-state index contributed by atoms with van der Waals surface area (Å²) < 4.78 is 29.2. The van der Waals surface area contributed by atoms with Crippen LogP contribution in [0.15, 0.2) is 59.5 Å². The van der Waals surface area contributed by atoms with E-state index in [0.717, 1.165) is 0 Å². The molecule has 0 aliphatic carbocycles. The molecule has 0 bridgehead atoms. The second kappa shape index (κ2) is 5.74. The molecule has 0 aliphatic heterocycles. The van der Waals surface area contributed by atoms with Gasteiger partial charge in [0.1, 0.15) is 10.6 Å². The van der Waals surface area contributed by atoms with Gasteiger partial charge in [0.2, 0.25) is 0 Å². The van der Waals surface area contributed by atoms with Crippen molar-refractivity contribution in [1.82, 2.24) is 0 Å². The first kappa shape index (κ1) is 14.1. The molecule has 2 aromatic carbocycles. The minimum atomic E-state index is -4.00. The maximum Gasteiger partial charge on any atom is 0.339 e. The lowest BCUT2D eigenvalue weighted by Crippen LogP contribution is -2.11. The molecule has 5 nitrogen and oxygen atoms in total. The van der Waals surface area contributed by atoms with Crippen LogP contribution in [0.3, 0.4) is 0 Å². The average molecular weight is 289 g/mol. The van der Waals surface area contributed by atoms with Crippen molar-refractivity contribution in [1.29, 1.82) is 5.26 Å². The Morgan fingerprint density at radius 2 is 1.65 bits per heavy atom. The second-order valence-electron chi connectivity index (χ2n) is 3.92. The van der Waals surface area contributed by atoms with Gasteiger partial charge in [-0.1, -0.05) is 36.4 Å². The molecule has 102 valence electrons. The zero-order chi connectivity index (χ0) is 14.6. The first-order valence-electron chi connectivity index (χ1n) is 5.71. The maximum atomic E-state index is 12.1. The van der Waals surface area contributed by atoms with Gasteiger partial charge in [0.05, 0.1) is 6.07 Å². The van der Waals surface area contributed by atoms with Gasteiger partial charge in [0.15, 0.2) is 6.10 Å². The summed E-state index contributed by atoms with van der Waals surface area (Å²) in [7, 11) is -4.00. The highest BCUT2D eigenvalue weighted by atomic mass is 32.2. The van der Waals surface area contributed by atoms with Gasteiger partial charge in [-0.15, -0.1) is 0 Å². The van der Waals surface area contributed by atoms with Gasteiger partial charge in [-0.3, -0.25) is 0 Å². The third-order valence-corrected chi connectivity index (χ3v) is 3.82. The number of aliphatic hydroxyl groups is 1. The lowest BCUT2D eigenvalue weighted by Gasteiger charge is -2.11. The van der Waals surface area contributed by atoms with Crippen LogP contribution in [-0.4, -0.2) is 13.5 Å². The zero-order valence-electron chi connectivity index (χ0n) is 10.3. The third kappa shape index (κ3) is 2.96. The van der Waals surface area contributed by atoms with Crippen LogP contribution in [0.2, 0.25) is 0 Å². The van der Waals surface area contributed by atoms with Crippen molar-refractivity contribution in [3.8, 4) is 11.8 Å². The Hall–Kier alpha value is -2.36. The standard InChI is InChI=1S/C14H11NO4S/c15-10-13(16)12-8-4-5-9-14(12)19-20(17,18)11-6-2-1-3-7-11/h1-9,13,16H. The molecule has 2 aromatic rings. The molecule has 0 aromatic heterocycles. The molecule has 0 fully saturated rings. The van der Waals surface area contributed by atoms with E-state index in [9.17, 15) is 13.5 Å². The highest BCUT2D eigenvalue weighted by Gasteiger charge is 2.20. The Kier molecular flexibility index (Phi) is 4.03. The van der Waals surface area contributed by atoms with Gasteiger partial charge >= 0.3 is 10.1 Å². The first-order valence-corrected chi connectivity index (χ1v) is 7.11. The Morgan fingerprint density at radius 1 is 1.05 bits per heavy atom. The van der Waals surface area contributed by atoms with Crippen LogP contribution >= 0.6 is 0 Å². The molecule has 20 heavy (non-hydrogen) atoms. The monoisotopic (exact) mass is 289 g/mol. The molecule has 6 heteroatoms. The van der Waals surface area contributed by atoms with Crippen molar-refractivity contribution >= 4 is 10.1 Å². The fraction of sp³-hybridized carbons (Fsp3) is 0.0714. The molecule has 0 heterocycles. The van der Waals surface area contributed by atoms with Crippen molar-refractivity contribution in [3.05, 3.63) is 60.2 Å². The molecular formula is C14H11NO4S. The number of nitrogens with zero attached hydrogens (tertiary/aromatic N) is 1. The fourth-order valence-corrected chi connectivity index (χ4v) is 2.58. The van der Waals surface area contributed by atoms with E-state index in [1.54, 1.807) is 36.4 Å². The minimum Gasteiger partial charge on any atom is -0.379 e. The Labute approximate surface area is 116 Å². The van der Waals surface area contributed by atoms with Gasteiger partial charge in [-0.05, 0) is 18.2 Å². The predicted molar refractivity (Wildman–Crippen MR) is 71.3 cm³/mol. The quantitative estimate of drug-likeness (QED) is 0.687. The van der Waals surface area contributed by atoms with Crippen LogP contribution in [0.5, 0.6) is 5.75 Å². The summed E-state index contributed by atoms with van der Waals surface area (Å²) >= 11 is 0. The van der Waals surface area contributed by atoms with Gasteiger partial charge in [0, 0.05) is 5.56 Å². The predicted octanol–water partition coefficient (Wildman–Crippen LogP) is 2.01. The summed E-state index contributed by atoms with van der Waals surface area (Å²) in [6.07, 6.45) is -1.45. The van der Waals surface area contributed by atoms with E-state index < -0.39 is 16.2 Å². The van der Waals surface area contributed by atoms with E-state index in [-0.39, 0.29) is 16.2 Å². The van der Waals surface area contributed by atoms with E-state index in [4.69, 9.17) is 9.44 Å². The lowest BCUT2D eigenvalue weighted by atomic mass is 10.1. The smallest absolute Gasteiger partial charge is 0.339 e. The Balaban J connectivity index is 2.39. The molecule has 0 spiro atoms. The molecule has 0 radical (unpaired) electrons. The second-order valence-corrected chi connectivity index (χ2v) is 5.47. The van der Waals surface area contributed by atoms with Gasteiger partial charge in [-0.25, -0.2) is 0 Å². The molecule has 2 rings (SSSR count). The zero-order valence-corrected chi connectivity index (χ0v) is 11.1. The molecule has 1 atom stereocenters. The van der Waals surface area contributed by atoms with E-state index in [1.807, 2.05) is 0 Å². The largest absolute Gasteiger partial charge is 0.379 e. The van der Waals surface area contributed by atoms with Crippen LogP contribution in [0.4, 0.5) is 0 Å². The fourth-order valence-electron chi connectivity index (χ4n) is 1.61. The summed E-state index contributed by atoms with van der Waals surface area (Å²) in [5, 5.41) is 18.3. The SMILES string of the molecule is N#CC(O)c1ccccc1OS(=O)(=O)c1ccccc1. The van der Waals surface area contributed by atoms with E-state index in [0.29, 0.717) is 0 Å². The Morgan fingerprint density at radius 3 is 2.30 bits per heavy atom. The van der Waals surface area contributed by atoms with Crippen LogP contribution in [0, 0.1) is 11.3 Å². The molecule has 1 unspecified atom stereocenters. The first-order chi connectivity index (χ1) is 9.54. The minimum absolute atomic E-state index is 0.00116. The molecule has 0 saturated carbocycles. The van der Waals surface area contributed by atoms with Crippen molar-refractivity contribution < 1.29 is 17.7 Å². The highest BCUT2D eigenvalue weighted by Crippen LogP contribution is 2.27. The van der Waals surface area contributed by atoms with Gasteiger partial charge in [-0.2, -0.15) is 13.7 Å². The highest BCUT2D eigenvalue weighted by molar-refractivity contribution is 7.87. The summed E-state index contributed by atoms with van der Waals surface area (Å²) in [6.45, 7) is 0. The van der Waals surface area contributed by atoms with E-state index >= 15 is 0 Å². The maximum absolute atomic E-state index is 12.1. The average Bonchev–Trinajstić information content (AvgIpc) is 2.47. The number of hydrogen-bond donors (Lipinski definition) is 1. The van der Waals surface area contributed by atoms with Gasteiger partial charge in [0.25, 0.3) is 0 Å². The topological polar surface area (TPSA) is 87.4 Å². The Bertz CT molecular complexity index is 735. The van der Waals surface area contributed by atoms with Crippen LogP contribution in [0.1, 0.15) is 11.7 Å². The van der Waals surface area contributed by atoms with Crippen molar-refractivity contribution in [2.75, 3.05) is 0 Å². The van der Waals surface area contributed by atoms with E-state index in [1.165, 1.54) is 24.3 Å². The number of aliphatic hydroxyl groups excluding tert-OH is 1. The molecular weight excluding hydrogens is 278 g/mol. The molecule has 1 N–H and O–H groups in total. The third-order valence-electron chi connectivity index (χ3n) is 2.57. The summed E-state index contributed by atoms with van der Waals surface area (Å²) in [5.74, 6) is -0.0644. The van der Waals surface area contributed by atoms with Crippen molar-refractivity contribution in [2.45, 2.75) is 11.0 Å². The number of nitriles is 1. The van der Waals surface area contributed by atoms with Crippen molar-refractivity contribution in [3.63, 3.8) is 0 Å². The number of hydrogen-bond acceptors (Lipinski definition) is 5. The number of rotatable bonds is 4. The summed E-state index contributed by atoms with van der Waals surface area (Å²) in [6, 6.07) is 15.2. The molecule has 0 amide bonds. The normalized spacial score (nSPS) is 12.4. The molecule has 0 saturated heterocycles. The van der Waals surface area contributed by atoms with Crippen molar-refractivity contribution in [2.24, 2.45) is 0 Å². The lowest BCUT2D eigenvalue weighted by molar-refractivity contribution is 0.233. The van der Waals surface area contributed by atoms with Crippen LogP contribution in [0.25, 0.3) is 0 Å². The number of benzene rings is 2.